The molecule has 0 unspecified atom stereocenters. The SMILES string of the molecule is CN(C)C(=O)c1cc2n(n1)CCCN(c1nc(OC[C@@]34CCCN3C[C@H](F)C4)nc3c1CO[C@@]1(C3)C[C@@H]3C[C@@H]3c3ccc(NC(=O)OC(C)(C)C)cc31)C2. The number of alkyl halides is 1. The van der Waals surface area contributed by atoms with Crippen molar-refractivity contribution >= 4 is 23.5 Å². The third-order valence-electron chi connectivity index (χ3n) is 12.3. The fourth-order valence-electron chi connectivity index (χ4n) is 9.74. The largest absolute Gasteiger partial charge is 0.461 e. The highest BCUT2D eigenvalue weighted by molar-refractivity contribution is 5.92. The molecule has 1 aromatic carbocycles. The van der Waals surface area contributed by atoms with Crippen molar-refractivity contribution in [2.24, 2.45) is 5.92 Å². The average molecular weight is 743 g/mol. The standard InChI is InChI=1S/C40H51FN8O5/c1-38(2,3)54-37(51)42-26-8-9-28-29-14-24(29)17-40(31(28)15-26)19-33-30(22-53-40)34(44-36(43-33)52-23-39-10-6-12-48(39)20-25(41)18-39)47-11-7-13-49-27(21-47)16-32(45-49)35(50)46(4)5/h8-9,15-16,24-25,29H,6-7,10-14,17-23H2,1-5H3,(H,42,51)/t24-,25+,29-,39-,40+/m0/s1. The van der Waals surface area contributed by atoms with Crippen molar-refractivity contribution in [3.05, 3.63) is 58.0 Å². The van der Waals surface area contributed by atoms with Gasteiger partial charge in [0.1, 0.15) is 24.2 Å². The Kier molecular flexibility index (Phi) is 8.45. The Labute approximate surface area is 315 Å². The van der Waals surface area contributed by atoms with Crippen molar-refractivity contribution in [3.8, 4) is 6.01 Å². The lowest BCUT2D eigenvalue weighted by atomic mass is 9.74. The number of benzene rings is 1. The zero-order chi connectivity index (χ0) is 37.6. The first kappa shape index (κ1) is 35.4. The van der Waals surface area contributed by atoms with Gasteiger partial charge in [0.25, 0.3) is 5.91 Å². The molecule has 2 aliphatic carbocycles. The zero-order valence-corrected chi connectivity index (χ0v) is 32.0. The number of nitrogens with zero attached hydrogens (tertiary/aromatic N) is 7. The van der Waals surface area contributed by atoms with Gasteiger partial charge in [-0.05, 0) is 101 Å². The van der Waals surface area contributed by atoms with Gasteiger partial charge in [0.2, 0.25) is 0 Å². The van der Waals surface area contributed by atoms with Crippen LogP contribution in [-0.4, -0.2) is 99.2 Å². The number of carbonyl (C=O) groups excluding carboxylic acids is 2. The number of anilines is 2. The average Bonchev–Trinajstić information content (AvgIpc) is 3.54. The zero-order valence-electron chi connectivity index (χ0n) is 32.0. The Morgan fingerprint density at radius 1 is 1.11 bits per heavy atom. The molecular formula is C40H51FN8O5. The molecule has 13 nitrogen and oxygen atoms in total. The highest BCUT2D eigenvalue weighted by atomic mass is 19.1. The van der Waals surface area contributed by atoms with Gasteiger partial charge in [-0.3, -0.25) is 19.7 Å². The van der Waals surface area contributed by atoms with E-state index in [1.54, 1.807) is 19.0 Å². The Morgan fingerprint density at radius 3 is 2.78 bits per heavy atom. The number of aromatic nitrogens is 4. The minimum Gasteiger partial charge on any atom is -0.461 e. The third-order valence-corrected chi connectivity index (χ3v) is 12.3. The van der Waals surface area contributed by atoms with Gasteiger partial charge in [-0.2, -0.15) is 15.1 Å². The fourth-order valence-corrected chi connectivity index (χ4v) is 9.74. The van der Waals surface area contributed by atoms with E-state index in [2.05, 4.69) is 32.3 Å². The summed E-state index contributed by atoms with van der Waals surface area (Å²) in [5, 5.41) is 7.60. The highest BCUT2D eigenvalue weighted by Gasteiger charge is 2.55. The molecule has 4 aliphatic heterocycles. The summed E-state index contributed by atoms with van der Waals surface area (Å²) in [4.78, 5) is 41.9. The number of ether oxygens (including phenoxy) is 3. The van der Waals surface area contributed by atoms with Crippen LogP contribution in [-0.2, 0) is 41.2 Å². The summed E-state index contributed by atoms with van der Waals surface area (Å²) >= 11 is 0. The Hall–Kier alpha value is -4.30. The predicted molar refractivity (Wildman–Crippen MR) is 198 cm³/mol. The first-order valence-electron chi connectivity index (χ1n) is 19.5. The number of fused-ring (bicyclic) bond motifs is 7. The molecule has 2 saturated heterocycles. The van der Waals surface area contributed by atoms with Crippen molar-refractivity contribution in [2.45, 2.75) is 114 Å². The normalized spacial score (nSPS) is 28.3. The molecule has 1 saturated carbocycles. The summed E-state index contributed by atoms with van der Waals surface area (Å²) < 4.78 is 35.8. The van der Waals surface area contributed by atoms with Gasteiger partial charge < -0.3 is 24.0 Å². The van der Waals surface area contributed by atoms with Crippen LogP contribution in [0.25, 0.3) is 0 Å². The molecule has 0 radical (unpaired) electrons. The van der Waals surface area contributed by atoms with Crippen molar-refractivity contribution in [3.63, 3.8) is 0 Å². The molecule has 288 valence electrons. The van der Waals surface area contributed by atoms with Crippen LogP contribution in [0.2, 0.25) is 0 Å². The molecule has 1 N–H and O–H groups in total. The minimum atomic E-state index is -0.857. The van der Waals surface area contributed by atoms with E-state index in [0.29, 0.717) is 74.9 Å². The molecule has 6 heterocycles. The van der Waals surface area contributed by atoms with Crippen molar-refractivity contribution < 1.29 is 28.2 Å². The molecule has 9 rings (SSSR count). The molecule has 6 aliphatic rings. The highest BCUT2D eigenvalue weighted by Crippen LogP contribution is 2.62. The number of aryl methyl sites for hydroxylation is 1. The molecule has 2 aromatic heterocycles. The van der Waals surface area contributed by atoms with Gasteiger partial charge in [0, 0.05) is 57.8 Å². The lowest BCUT2D eigenvalue weighted by molar-refractivity contribution is -0.0875. The summed E-state index contributed by atoms with van der Waals surface area (Å²) in [5.74, 6) is 1.64. The van der Waals surface area contributed by atoms with Crippen molar-refractivity contribution in [1.29, 1.82) is 0 Å². The van der Waals surface area contributed by atoms with Gasteiger partial charge in [0.15, 0.2) is 5.69 Å². The second-order valence-corrected chi connectivity index (χ2v) is 17.5. The predicted octanol–water partition coefficient (Wildman–Crippen LogP) is 5.56. The summed E-state index contributed by atoms with van der Waals surface area (Å²) in [6.07, 6.45) is 4.34. The van der Waals surface area contributed by atoms with Crippen LogP contribution in [0.4, 0.5) is 20.7 Å². The monoisotopic (exact) mass is 742 g/mol. The number of rotatable bonds is 6. The van der Waals surface area contributed by atoms with E-state index < -0.39 is 23.5 Å². The molecule has 2 amide bonds. The maximum atomic E-state index is 14.7. The smallest absolute Gasteiger partial charge is 0.412 e. The van der Waals surface area contributed by atoms with E-state index in [-0.39, 0.29) is 11.4 Å². The molecule has 1 spiro atoms. The van der Waals surface area contributed by atoms with Gasteiger partial charge in [-0.25, -0.2) is 9.18 Å². The van der Waals surface area contributed by atoms with E-state index >= 15 is 0 Å². The van der Waals surface area contributed by atoms with E-state index in [0.717, 1.165) is 73.5 Å². The third kappa shape index (κ3) is 6.38. The van der Waals surface area contributed by atoms with Crippen LogP contribution in [0.15, 0.2) is 24.3 Å². The quantitative estimate of drug-likeness (QED) is 0.343. The van der Waals surface area contributed by atoms with E-state index in [1.165, 1.54) is 5.56 Å². The molecular weight excluding hydrogens is 691 g/mol. The lowest BCUT2D eigenvalue weighted by Crippen LogP contribution is -2.44. The first-order valence-corrected chi connectivity index (χ1v) is 19.5. The summed E-state index contributed by atoms with van der Waals surface area (Å²) in [6, 6.07) is 8.33. The van der Waals surface area contributed by atoms with Gasteiger partial charge in [-0.15, -0.1) is 0 Å². The maximum absolute atomic E-state index is 14.7. The molecule has 14 heteroatoms. The summed E-state index contributed by atoms with van der Waals surface area (Å²) in [5.41, 5.74) is 4.60. The number of nitrogens with one attached hydrogen (secondary N) is 1. The Balaban J connectivity index is 1.07. The van der Waals surface area contributed by atoms with Crippen molar-refractivity contribution in [2.75, 3.05) is 50.6 Å². The Morgan fingerprint density at radius 2 is 1.96 bits per heavy atom. The van der Waals surface area contributed by atoms with E-state index in [1.807, 2.05) is 37.6 Å². The number of carbonyl (C=O) groups is 2. The van der Waals surface area contributed by atoms with Crippen LogP contribution in [0.1, 0.15) is 104 Å². The summed E-state index contributed by atoms with van der Waals surface area (Å²) in [6.45, 7) is 9.44. The van der Waals surface area contributed by atoms with E-state index in [4.69, 9.17) is 24.2 Å². The number of halogens is 1. The first-order chi connectivity index (χ1) is 25.8. The topological polar surface area (TPSA) is 127 Å². The second-order valence-electron chi connectivity index (χ2n) is 17.5. The van der Waals surface area contributed by atoms with Gasteiger partial charge in [-0.1, -0.05) is 6.07 Å². The van der Waals surface area contributed by atoms with Crippen LogP contribution >= 0.6 is 0 Å². The number of amides is 2. The molecule has 3 aromatic rings. The van der Waals surface area contributed by atoms with Crippen molar-refractivity contribution in [1.82, 2.24) is 29.5 Å². The lowest BCUT2D eigenvalue weighted by Gasteiger charge is -2.43. The maximum Gasteiger partial charge on any atom is 0.412 e. The minimum absolute atomic E-state index is 0.131. The Bertz CT molecular complexity index is 2000. The van der Waals surface area contributed by atoms with Crippen LogP contribution in [0, 0.1) is 5.92 Å². The van der Waals surface area contributed by atoms with Crippen LogP contribution in [0.5, 0.6) is 6.01 Å². The fraction of sp³-hybridized carbons (Fsp3) is 0.625. The molecule has 54 heavy (non-hydrogen) atoms. The van der Waals surface area contributed by atoms with Gasteiger partial charge >= 0.3 is 12.1 Å². The van der Waals surface area contributed by atoms with Gasteiger partial charge in [0.05, 0.1) is 35.7 Å². The molecule has 5 atom stereocenters. The van der Waals surface area contributed by atoms with E-state index in [9.17, 15) is 14.0 Å². The molecule has 3 fully saturated rings. The number of hydrogen-bond donors (Lipinski definition) is 1. The number of hydrogen-bond acceptors (Lipinski definition) is 10. The van der Waals surface area contributed by atoms with Crippen LogP contribution in [0.3, 0.4) is 0 Å². The second kappa shape index (κ2) is 12.9. The molecule has 0 bridgehead atoms. The van der Waals surface area contributed by atoms with Crippen LogP contribution < -0.4 is 15.0 Å². The summed E-state index contributed by atoms with van der Waals surface area (Å²) in [7, 11) is 3.47.